The predicted octanol–water partition coefficient (Wildman–Crippen LogP) is 3.91. The number of esters is 4. The van der Waals surface area contributed by atoms with Gasteiger partial charge in [0.1, 0.15) is 23.0 Å². The number of rotatable bonds is 6. The molecule has 1 aromatic heterocycles. The highest BCUT2D eigenvalue weighted by molar-refractivity contribution is 5.88. The highest BCUT2D eigenvalue weighted by atomic mass is 16.6. The van der Waals surface area contributed by atoms with Crippen LogP contribution in [0.3, 0.4) is 0 Å². The molecule has 208 valence electrons. The van der Waals surface area contributed by atoms with Gasteiger partial charge < -0.3 is 28.1 Å². The van der Waals surface area contributed by atoms with Crippen molar-refractivity contribution in [2.24, 2.45) is 0 Å². The smallest absolute Gasteiger partial charge is 0.336 e. The molecule has 0 aliphatic carbocycles. The normalized spacial score (nSPS) is 15.6. The Kier molecular flexibility index (Phi) is 7.76. The van der Waals surface area contributed by atoms with E-state index in [9.17, 15) is 24.0 Å². The number of benzene rings is 2. The number of fused-ring (bicyclic) bond motifs is 2. The van der Waals surface area contributed by atoms with Crippen molar-refractivity contribution in [3.8, 4) is 23.0 Å². The molecule has 0 bridgehead atoms. The van der Waals surface area contributed by atoms with Gasteiger partial charge in [-0.15, -0.1) is 0 Å². The molecule has 0 saturated carbocycles. The van der Waals surface area contributed by atoms with E-state index in [-0.39, 0.29) is 22.8 Å². The molecule has 1 atom stereocenters. The monoisotopic (exact) mass is 550 g/mol. The molecule has 0 unspecified atom stereocenters. The van der Waals surface area contributed by atoms with E-state index in [0.29, 0.717) is 23.1 Å². The van der Waals surface area contributed by atoms with Crippen molar-refractivity contribution < 1.29 is 47.3 Å². The molecule has 0 radical (unpaired) electrons. The SMILES string of the molecule is CC(=O)Oc1cc(C=CC(=O)O[C@H]2Cc3cc4ccc(=O)oc4cc3OC2(C)C)cc(OC(C)=O)c1OC(C)=O. The first-order valence-corrected chi connectivity index (χ1v) is 12.2. The molecule has 1 aliphatic rings. The van der Waals surface area contributed by atoms with Gasteiger partial charge in [0.15, 0.2) is 11.5 Å². The number of hydrogen-bond donors (Lipinski definition) is 0. The van der Waals surface area contributed by atoms with Crippen LogP contribution in [-0.2, 0) is 30.3 Å². The third kappa shape index (κ3) is 6.55. The molecule has 40 heavy (non-hydrogen) atoms. The van der Waals surface area contributed by atoms with Crippen LogP contribution < -0.4 is 24.6 Å². The summed E-state index contributed by atoms with van der Waals surface area (Å²) < 4.78 is 32.4. The summed E-state index contributed by atoms with van der Waals surface area (Å²) in [6.07, 6.45) is 2.20. The van der Waals surface area contributed by atoms with Gasteiger partial charge in [-0.3, -0.25) is 14.4 Å². The van der Waals surface area contributed by atoms with Crippen LogP contribution in [0, 0.1) is 0 Å². The van der Waals surface area contributed by atoms with Crippen LogP contribution >= 0.6 is 0 Å². The molecule has 11 heteroatoms. The Hall–Kier alpha value is -4.93. The van der Waals surface area contributed by atoms with Crippen LogP contribution in [0.5, 0.6) is 23.0 Å². The van der Waals surface area contributed by atoms with Crippen LogP contribution in [0.15, 0.2) is 51.7 Å². The molecule has 0 N–H and O–H groups in total. The van der Waals surface area contributed by atoms with Crippen molar-refractivity contribution in [3.63, 3.8) is 0 Å². The Morgan fingerprint density at radius 2 is 1.52 bits per heavy atom. The zero-order valence-electron chi connectivity index (χ0n) is 22.4. The van der Waals surface area contributed by atoms with E-state index in [1.165, 1.54) is 24.3 Å². The van der Waals surface area contributed by atoms with Crippen molar-refractivity contribution >= 4 is 40.9 Å². The maximum atomic E-state index is 12.8. The van der Waals surface area contributed by atoms with Gasteiger partial charge >= 0.3 is 29.5 Å². The minimum atomic E-state index is -0.907. The summed E-state index contributed by atoms with van der Waals surface area (Å²) in [6.45, 7) is 6.97. The van der Waals surface area contributed by atoms with Crippen molar-refractivity contribution in [1.82, 2.24) is 0 Å². The fourth-order valence-corrected chi connectivity index (χ4v) is 4.12. The second-order valence-corrected chi connectivity index (χ2v) is 9.55. The second kappa shape index (κ2) is 11.0. The van der Waals surface area contributed by atoms with E-state index >= 15 is 0 Å². The standard InChI is InChI=1S/C29H26O11/c1-15(30)35-23-10-18(11-24(36-16(2)31)28(23)37-17(3)32)6-8-27(34)39-25-13-20-12-19-7-9-26(33)38-21(19)14-22(20)40-29(25,4)5/h6-12,14,25H,13H2,1-5H3/t25-/m0/s1. The lowest BCUT2D eigenvalue weighted by Crippen LogP contribution is -2.48. The van der Waals surface area contributed by atoms with E-state index in [1.807, 2.05) is 6.07 Å². The maximum absolute atomic E-state index is 12.8. The summed E-state index contributed by atoms with van der Waals surface area (Å²) in [7, 11) is 0. The van der Waals surface area contributed by atoms with Crippen LogP contribution in [0.4, 0.5) is 0 Å². The third-order valence-corrected chi connectivity index (χ3v) is 5.82. The van der Waals surface area contributed by atoms with Gasteiger partial charge in [0.2, 0.25) is 5.75 Å². The zero-order valence-corrected chi connectivity index (χ0v) is 22.4. The molecule has 0 saturated heterocycles. The molecule has 2 heterocycles. The van der Waals surface area contributed by atoms with Gasteiger partial charge in [0.25, 0.3) is 0 Å². The zero-order chi connectivity index (χ0) is 29.2. The highest BCUT2D eigenvalue weighted by Crippen LogP contribution is 2.40. The fraction of sp³-hybridized carbons (Fsp3) is 0.276. The Bertz CT molecular complexity index is 1570. The van der Waals surface area contributed by atoms with E-state index in [1.54, 1.807) is 26.0 Å². The molecule has 3 aromatic rings. The van der Waals surface area contributed by atoms with Crippen LogP contribution in [0.25, 0.3) is 17.0 Å². The summed E-state index contributed by atoms with van der Waals surface area (Å²) in [5.41, 5.74) is 0.0810. The van der Waals surface area contributed by atoms with Gasteiger partial charge in [-0.05, 0) is 55.3 Å². The van der Waals surface area contributed by atoms with Gasteiger partial charge in [0, 0.05) is 50.8 Å². The first-order chi connectivity index (χ1) is 18.8. The van der Waals surface area contributed by atoms with Crippen molar-refractivity contribution in [1.29, 1.82) is 0 Å². The maximum Gasteiger partial charge on any atom is 0.336 e. The lowest BCUT2D eigenvalue weighted by Gasteiger charge is -2.39. The number of ether oxygens (including phenoxy) is 5. The average Bonchev–Trinajstić information content (AvgIpc) is 2.83. The Labute approximate surface area is 228 Å². The van der Waals surface area contributed by atoms with E-state index in [4.69, 9.17) is 28.1 Å². The van der Waals surface area contributed by atoms with Crippen LogP contribution in [-0.4, -0.2) is 35.6 Å². The summed E-state index contributed by atoms with van der Waals surface area (Å²) in [4.78, 5) is 59.2. The van der Waals surface area contributed by atoms with E-state index < -0.39 is 41.2 Å². The van der Waals surface area contributed by atoms with Gasteiger partial charge in [-0.2, -0.15) is 0 Å². The summed E-state index contributed by atoms with van der Waals surface area (Å²) in [5, 5.41) is 0.705. The van der Waals surface area contributed by atoms with Crippen molar-refractivity contribution in [3.05, 3.63) is 64.0 Å². The Balaban J connectivity index is 1.58. The quantitative estimate of drug-likeness (QED) is 0.191. The lowest BCUT2D eigenvalue weighted by molar-refractivity contribution is -0.155. The predicted molar refractivity (Wildman–Crippen MR) is 140 cm³/mol. The van der Waals surface area contributed by atoms with E-state index in [2.05, 4.69) is 0 Å². The lowest BCUT2D eigenvalue weighted by atomic mass is 9.90. The Morgan fingerprint density at radius 1 is 0.900 bits per heavy atom. The Morgan fingerprint density at radius 3 is 2.12 bits per heavy atom. The molecule has 2 aromatic carbocycles. The average molecular weight is 551 g/mol. The van der Waals surface area contributed by atoms with Gasteiger partial charge in [-0.1, -0.05) is 0 Å². The molecule has 0 fully saturated rings. The summed E-state index contributed by atoms with van der Waals surface area (Å²) in [6, 6.07) is 9.10. The van der Waals surface area contributed by atoms with Crippen LogP contribution in [0.1, 0.15) is 45.7 Å². The molecule has 0 amide bonds. The molecule has 4 rings (SSSR count). The summed E-state index contributed by atoms with van der Waals surface area (Å²) in [5.74, 6) is -2.95. The van der Waals surface area contributed by atoms with E-state index in [0.717, 1.165) is 32.4 Å². The molecule has 0 spiro atoms. The number of hydrogen-bond acceptors (Lipinski definition) is 11. The van der Waals surface area contributed by atoms with Crippen LogP contribution in [0.2, 0.25) is 0 Å². The molecular weight excluding hydrogens is 524 g/mol. The largest absolute Gasteiger partial charge is 0.484 e. The topological polar surface area (TPSA) is 145 Å². The fourth-order valence-electron chi connectivity index (χ4n) is 4.12. The first kappa shape index (κ1) is 28.1. The number of carbonyl (C=O) groups is 4. The molecule has 1 aliphatic heterocycles. The summed E-state index contributed by atoms with van der Waals surface area (Å²) >= 11 is 0. The number of carbonyl (C=O) groups excluding carboxylic acids is 4. The molecular formula is C29H26O11. The molecule has 11 nitrogen and oxygen atoms in total. The third-order valence-electron chi connectivity index (χ3n) is 5.82. The minimum absolute atomic E-state index is 0.184. The second-order valence-electron chi connectivity index (χ2n) is 9.55. The van der Waals surface area contributed by atoms with Crippen molar-refractivity contribution in [2.75, 3.05) is 0 Å². The minimum Gasteiger partial charge on any atom is -0.484 e. The van der Waals surface area contributed by atoms with Crippen molar-refractivity contribution in [2.45, 2.75) is 52.7 Å². The first-order valence-electron chi connectivity index (χ1n) is 12.2. The highest BCUT2D eigenvalue weighted by Gasteiger charge is 2.39. The van der Waals surface area contributed by atoms with Gasteiger partial charge in [-0.25, -0.2) is 9.59 Å². The van der Waals surface area contributed by atoms with Gasteiger partial charge in [0.05, 0.1) is 0 Å².